The second-order valence-electron chi connectivity index (χ2n) is 3.90. The Morgan fingerprint density at radius 3 is 2.33 bits per heavy atom. The zero-order chi connectivity index (χ0) is 12.8. The minimum atomic E-state index is 0.600. The Bertz CT molecular complexity index is 518. The predicted octanol–water partition coefficient (Wildman–Crippen LogP) is 3.15. The maximum atomic E-state index is 11.8. The molecule has 0 heterocycles. The Morgan fingerprint density at radius 1 is 1.06 bits per heavy atom. The Morgan fingerprint density at radius 2 is 1.72 bits per heavy atom. The number of ether oxygens (including phenoxy) is 1. The molecule has 3 nitrogen and oxygen atoms in total. The Hall–Kier alpha value is -2.29. The van der Waals surface area contributed by atoms with Gasteiger partial charge < -0.3 is 9.94 Å². The lowest BCUT2D eigenvalue weighted by Gasteiger charge is -2.03. The molecule has 18 heavy (non-hydrogen) atoms. The first-order valence-corrected chi connectivity index (χ1v) is 5.77. The molecule has 2 rings (SSSR count). The molecule has 2 aromatic carbocycles. The third kappa shape index (κ3) is 3.10. The molecule has 0 saturated carbocycles. The van der Waals surface area contributed by atoms with Crippen LogP contribution in [0.4, 0.5) is 5.69 Å². The van der Waals surface area contributed by atoms with E-state index in [0.717, 1.165) is 16.1 Å². The number of benzene rings is 2. The molecule has 0 radical (unpaired) electrons. The lowest BCUT2D eigenvalue weighted by molar-refractivity contribution is -0.356. The van der Waals surface area contributed by atoms with E-state index in [0.29, 0.717) is 12.1 Å². The van der Waals surface area contributed by atoms with Crippen molar-refractivity contribution in [3.8, 4) is 5.75 Å². The number of nitrogens with zero attached hydrogens (tertiary/aromatic N) is 1. The summed E-state index contributed by atoms with van der Waals surface area (Å²) >= 11 is 0. The van der Waals surface area contributed by atoms with Crippen molar-refractivity contribution in [1.29, 1.82) is 0 Å². The van der Waals surface area contributed by atoms with Crippen LogP contribution in [-0.2, 0) is 6.42 Å². The first kappa shape index (κ1) is 12.2. The van der Waals surface area contributed by atoms with Gasteiger partial charge in [0, 0.05) is 12.1 Å². The molecule has 0 fully saturated rings. The average Bonchev–Trinajstić information content (AvgIpc) is 2.46. The van der Waals surface area contributed by atoms with Crippen LogP contribution >= 0.6 is 0 Å². The third-order valence-electron chi connectivity index (χ3n) is 2.66. The van der Waals surface area contributed by atoms with Gasteiger partial charge in [-0.05, 0) is 17.7 Å². The smallest absolute Gasteiger partial charge is 0.216 e. The average molecular weight is 241 g/mol. The van der Waals surface area contributed by atoms with E-state index in [4.69, 9.17) is 4.74 Å². The quantitative estimate of drug-likeness (QED) is 0.357. The molecule has 0 aromatic heterocycles. The molecule has 0 aliphatic heterocycles. The van der Waals surface area contributed by atoms with Gasteiger partial charge in [-0.1, -0.05) is 30.3 Å². The third-order valence-corrected chi connectivity index (χ3v) is 2.66. The van der Waals surface area contributed by atoms with Crippen molar-refractivity contribution in [3.63, 3.8) is 0 Å². The Balaban J connectivity index is 2.05. The van der Waals surface area contributed by atoms with Crippen LogP contribution in [0.3, 0.4) is 0 Å². The molecule has 92 valence electrons. The van der Waals surface area contributed by atoms with Crippen LogP contribution < -0.4 is 4.74 Å². The highest BCUT2D eigenvalue weighted by Crippen LogP contribution is 2.12. The number of rotatable bonds is 4. The van der Waals surface area contributed by atoms with Gasteiger partial charge in [0.2, 0.25) is 5.69 Å². The van der Waals surface area contributed by atoms with Crippen molar-refractivity contribution in [2.45, 2.75) is 6.42 Å². The summed E-state index contributed by atoms with van der Waals surface area (Å²) < 4.78 is 5.97. The number of hydrogen-bond acceptors (Lipinski definition) is 2. The molecule has 0 spiro atoms. The highest BCUT2D eigenvalue weighted by molar-refractivity contribution is 5.58. The van der Waals surface area contributed by atoms with Gasteiger partial charge in [-0.15, -0.1) is 0 Å². The van der Waals surface area contributed by atoms with Gasteiger partial charge in [-0.25, -0.2) is 0 Å². The summed E-state index contributed by atoms with van der Waals surface area (Å²) in [6, 6.07) is 16.8. The zero-order valence-electron chi connectivity index (χ0n) is 10.2. The van der Waals surface area contributed by atoms with Crippen LogP contribution in [0, 0.1) is 5.21 Å². The molecule has 0 bridgehead atoms. The number of methoxy groups -OCH3 is 1. The molecule has 2 aromatic rings. The van der Waals surface area contributed by atoms with Crippen LogP contribution in [0.5, 0.6) is 5.75 Å². The first-order chi connectivity index (χ1) is 8.79. The summed E-state index contributed by atoms with van der Waals surface area (Å²) in [5.74, 6) is 0.820. The maximum absolute atomic E-state index is 11.8. The van der Waals surface area contributed by atoms with E-state index in [9.17, 15) is 5.21 Å². The van der Waals surface area contributed by atoms with E-state index < -0.39 is 0 Å². The zero-order valence-corrected chi connectivity index (χ0v) is 10.2. The summed E-state index contributed by atoms with van der Waals surface area (Å²) in [5.41, 5.74) is 1.72. The summed E-state index contributed by atoms with van der Waals surface area (Å²) in [6.45, 7) is 0. The maximum Gasteiger partial charge on any atom is 0.216 e. The van der Waals surface area contributed by atoms with E-state index in [2.05, 4.69) is 0 Å². The molecule has 0 atom stereocenters. The van der Waals surface area contributed by atoms with Crippen molar-refractivity contribution in [2.75, 3.05) is 7.11 Å². The first-order valence-electron chi connectivity index (χ1n) is 5.77. The van der Waals surface area contributed by atoms with Crippen molar-refractivity contribution < 1.29 is 9.48 Å². The van der Waals surface area contributed by atoms with Gasteiger partial charge in [0.05, 0.1) is 13.5 Å². The monoisotopic (exact) mass is 241 g/mol. The predicted molar refractivity (Wildman–Crippen MR) is 72.5 cm³/mol. The van der Waals surface area contributed by atoms with E-state index >= 15 is 0 Å². The lowest BCUT2D eigenvalue weighted by Crippen LogP contribution is -2.00. The normalized spacial score (nSPS) is 11.3. The second kappa shape index (κ2) is 5.87. The van der Waals surface area contributed by atoms with E-state index in [-0.39, 0.29) is 0 Å². The van der Waals surface area contributed by atoms with Gasteiger partial charge >= 0.3 is 0 Å². The van der Waals surface area contributed by atoms with Crippen LogP contribution in [0.1, 0.15) is 5.56 Å². The molecule has 0 saturated heterocycles. The number of hydrogen-bond donors (Lipinski definition) is 0. The van der Waals surface area contributed by atoms with Gasteiger partial charge in [0.25, 0.3) is 0 Å². The molecule has 0 aliphatic carbocycles. The fourth-order valence-corrected chi connectivity index (χ4v) is 1.63. The second-order valence-corrected chi connectivity index (χ2v) is 3.90. The molecule has 0 unspecified atom stereocenters. The minimum Gasteiger partial charge on any atom is -0.619 e. The Labute approximate surface area is 107 Å². The SMILES string of the molecule is COc1ccc(C/C=[N+](\[O-])c2ccccc2)cc1. The highest BCUT2D eigenvalue weighted by Gasteiger charge is 1.99. The molecular weight excluding hydrogens is 226 g/mol. The summed E-state index contributed by atoms with van der Waals surface area (Å²) in [5, 5.41) is 11.8. The molecule has 0 N–H and O–H groups in total. The van der Waals surface area contributed by atoms with Gasteiger partial charge in [0.15, 0.2) is 6.21 Å². The van der Waals surface area contributed by atoms with Gasteiger partial charge in [-0.3, -0.25) is 0 Å². The van der Waals surface area contributed by atoms with E-state index in [1.165, 1.54) is 0 Å². The fourth-order valence-electron chi connectivity index (χ4n) is 1.63. The van der Waals surface area contributed by atoms with E-state index in [1.807, 2.05) is 42.5 Å². The van der Waals surface area contributed by atoms with Gasteiger partial charge in [0.1, 0.15) is 5.75 Å². The van der Waals surface area contributed by atoms with Gasteiger partial charge in [-0.2, -0.15) is 4.74 Å². The van der Waals surface area contributed by atoms with Crippen LogP contribution in [-0.4, -0.2) is 18.1 Å². The van der Waals surface area contributed by atoms with Crippen LogP contribution in [0.25, 0.3) is 0 Å². The van der Waals surface area contributed by atoms with Crippen molar-refractivity contribution in [1.82, 2.24) is 0 Å². The summed E-state index contributed by atoms with van der Waals surface area (Å²) in [7, 11) is 1.63. The van der Waals surface area contributed by atoms with Crippen molar-refractivity contribution in [3.05, 3.63) is 65.4 Å². The van der Waals surface area contributed by atoms with Crippen molar-refractivity contribution in [2.24, 2.45) is 0 Å². The minimum absolute atomic E-state index is 0.600. The topological polar surface area (TPSA) is 35.3 Å². The standard InChI is InChI=1S/C15H15NO2/c1-18-15-9-7-13(8-10-15)11-12-16(17)14-5-3-2-4-6-14/h2-10,12H,11H2,1H3/b16-12-. The number of para-hydroxylation sites is 1. The molecular formula is C15H15NO2. The highest BCUT2D eigenvalue weighted by atomic mass is 16.5. The fraction of sp³-hybridized carbons (Fsp3) is 0.133. The molecule has 3 heteroatoms. The molecule has 0 amide bonds. The molecule has 0 aliphatic rings. The summed E-state index contributed by atoms with van der Waals surface area (Å²) in [4.78, 5) is 0. The van der Waals surface area contributed by atoms with Crippen LogP contribution in [0.2, 0.25) is 0 Å². The van der Waals surface area contributed by atoms with Crippen molar-refractivity contribution >= 4 is 11.9 Å². The Kier molecular flexibility index (Phi) is 3.97. The lowest BCUT2D eigenvalue weighted by atomic mass is 10.1. The van der Waals surface area contributed by atoms with Crippen LogP contribution in [0.15, 0.2) is 54.6 Å². The van der Waals surface area contributed by atoms with E-state index in [1.54, 1.807) is 25.5 Å². The largest absolute Gasteiger partial charge is 0.619 e. The summed E-state index contributed by atoms with van der Waals surface area (Å²) in [6.07, 6.45) is 2.22.